The van der Waals surface area contributed by atoms with Crippen molar-refractivity contribution in [3.8, 4) is 22.6 Å². The van der Waals surface area contributed by atoms with Crippen LogP contribution in [-0.4, -0.2) is 9.52 Å². The molecule has 2 aromatic heterocycles. The summed E-state index contributed by atoms with van der Waals surface area (Å²) in [4.78, 5) is 0. The second kappa shape index (κ2) is 15.9. The molecular formula is C35H30Cl2O2SiZr. The molecule has 2 radical (unpaired) electrons. The molecule has 0 atom stereocenters. The van der Waals surface area contributed by atoms with Crippen molar-refractivity contribution < 1.29 is 29.7 Å². The molecule has 6 heteroatoms. The van der Waals surface area contributed by atoms with Gasteiger partial charge in [-0.3, -0.25) is 0 Å². The first-order valence-electron chi connectivity index (χ1n) is 13.1. The Balaban J connectivity index is 0.000000141. The molecule has 0 aliphatic carbocycles. The summed E-state index contributed by atoms with van der Waals surface area (Å²) in [6, 6.07) is 39.7. The Kier molecular flexibility index (Phi) is 12.1. The van der Waals surface area contributed by atoms with Crippen LogP contribution in [0.4, 0.5) is 0 Å². The first-order valence-corrected chi connectivity index (χ1v) is 21.0. The summed E-state index contributed by atoms with van der Waals surface area (Å²) < 4.78 is 10.9. The van der Waals surface area contributed by atoms with Gasteiger partial charge in [0.1, 0.15) is 11.5 Å². The van der Waals surface area contributed by atoms with Crippen LogP contribution in [0.15, 0.2) is 137 Å². The van der Waals surface area contributed by atoms with E-state index in [1.807, 2.05) is 30.3 Å². The summed E-state index contributed by atoms with van der Waals surface area (Å²) in [7, 11) is 10.8. The number of aryl methyl sites for hydroxylation is 2. The molecular weight excluding hydrogens is 643 g/mol. The van der Waals surface area contributed by atoms with Crippen molar-refractivity contribution in [3.05, 3.63) is 139 Å². The van der Waals surface area contributed by atoms with E-state index in [9.17, 15) is 0 Å². The van der Waals surface area contributed by atoms with Crippen LogP contribution >= 0.6 is 17.0 Å². The fourth-order valence-corrected chi connectivity index (χ4v) is 5.19. The van der Waals surface area contributed by atoms with Gasteiger partial charge in [-0.1, -0.05) is 68.0 Å². The molecule has 2 nitrogen and oxygen atoms in total. The molecule has 0 aliphatic heterocycles. The summed E-state index contributed by atoms with van der Waals surface area (Å²) in [6.07, 6.45) is 3.42. The monoisotopic (exact) mass is 670 g/mol. The molecule has 0 fully saturated rings. The molecule has 0 saturated carbocycles. The zero-order chi connectivity index (χ0) is 29.0. The van der Waals surface area contributed by atoms with Crippen molar-refractivity contribution in [1.29, 1.82) is 0 Å². The van der Waals surface area contributed by atoms with Gasteiger partial charge in [0.15, 0.2) is 0 Å². The summed E-state index contributed by atoms with van der Waals surface area (Å²) in [5.41, 5.74) is 4.93. The Hall–Kier alpha value is -2.88. The number of fused-ring (bicyclic) bond motifs is 2. The third-order valence-electron chi connectivity index (χ3n) is 6.43. The number of benzene rings is 3. The van der Waals surface area contributed by atoms with Gasteiger partial charge in [-0.2, -0.15) is 12.1 Å². The van der Waals surface area contributed by atoms with E-state index in [1.54, 1.807) is 12.5 Å². The van der Waals surface area contributed by atoms with E-state index in [4.69, 9.17) is 25.9 Å². The van der Waals surface area contributed by atoms with Crippen LogP contribution < -0.4 is 5.19 Å². The topological polar surface area (TPSA) is 26.3 Å². The van der Waals surface area contributed by atoms with E-state index in [2.05, 4.69) is 105 Å². The van der Waals surface area contributed by atoms with Crippen LogP contribution in [0.1, 0.15) is 11.1 Å². The van der Waals surface area contributed by atoms with Crippen LogP contribution in [0.3, 0.4) is 0 Å². The summed E-state index contributed by atoms with van der Waals surface area (Å²) >= 11 is -0.826. The van der Waals surface area contributed by atoms with Crippen LogP contribution in [0, 0.1) is 13.8 Å². The van der Waals surface area contributed by atoms with E-state index in [0.29, 0.717) is 0 Å². The minimum atomic E-state index is -0.826. The average molecular weight is 673 g/mol. The van der Waals surface area contributed by atoms with Gasteiger partial charge in [0.2, 0.25) is 0 Å². The minimum absolute atomic E-state index is 0.826. The van der Waals surface area contributed by atoms with Crippen molar-refractivity contribution >= 4 is 53.3 Å². The maximum absolute atomic E-state index is 5.44. The molecule has 0 unspecified atom stereocenters. The Morgan fingerprint density at radius 1 is 0.610 bits per heavy atom. The average Bonchev–Trinajstić information content (AvgIpc) is 3.80. The van der Waals surface area contributed by atoms with Gasteiger partial charge in [0.05, 0.1) is 22.0 Å². The Labute approximate surface area is 263 Å². The van der Waals surface area contributed by atoms with Gasteiger partial charge < -0.3 is 8.83 Å². The maximum atomic E-state index is 5.44. The number of halogens is 2. The third-order valence-corrected chi connectivity index (χ3v) is 7.34. The van der Waals surface area contributed by atoms with Gasteiger partial charge in [-0.05, 0) is 35.4 Å². The van der Waals surface area contributed by atoms with Gasteiger partial charge in [-0.15, -0.1) is 69.1 Å². The fourth-order valence-electron chi connectivity index (χ4n) is 4.67. The summed E-state index contributed by atoms with van der Waals surface area (Å²) in [5.74, 6) is 1.87. The molecule has 0 aliphatic rings. The first kappa shape index (κ1) is 31.1. The van der Waals surface area contributed by atoms with E-state index in [1.165, 1.54) is 49.0 Å². The predicted octanol–water partition coefficient (Wildman–Crippen LogP) is 10.7. The molecule has 5 aromatic carbocycles. The molecule has 0 bridgehead atoms. The number of rotatable bonds is 3. The Morgan fingerprint density at radius 3 is 1.44 bits per heavy atom. The first-order chi connectivity index (χ1) is 20.0. The van der Waals surface area contributed by atoms with Crippen LogP contribution in [0.25, 0.3) is 44.2 Å². The summed E-state index contributed by atoms with van der Waals surface area (Å²) in [6.45, 7) is 6.42. The zero-order valence-corrected chi connectivity index (χ0v) is 28.2. The van der Waals surface area contributed by atoms with Gasteiger partial charge in [-0.25, -0.2) is 0 Å². The zero-order valence-electron chi connectivity index (χ0n) is 23.2. The second-order valence-corrected chi connectivity index (χ2v) is 14.1. The molecule has 204 valence electrons. The van der Waals surface area contributed by atoms with Gasteiger partial charge >= 0.3 is 37.9 Å². The second-order valence-electron chi connectivity index (χ2n) is 9.32. The quantitative estimate of drug-likeness (QED) is 0.138. The van der Waals surface area contributed by atoms with E-state index in [0.717, 1.165) is 21.0 Å². The fraction of sp³-hybridized carbons (Fsp3) is 0.0857. The predicted molar refractivity (Wildman–Crippen MR) is 173 cm³/mol. The van der Waals surface area contributed by atoms with Crippen molar-refractivity contribution in [1.82, 2.24) is 0 Å². The molecule has 41 heavy (non-hydrogen) atoms. The normalized spacial score (nSPS) is 10.1. The van der Waals surface area contributed by atoms with Crippen molar-refractivity contribution in [2.75, 3.05) is 0 Å². The SMILES string of the molecule is C[Si]c1ccccc1.Cc1cc2c(-c3ccco3)cccc2[cH-]1.Cc1cc2c(-c3ccco3)cccc2[cH-]1.[Cl][Zr+2][Cl]. The van der Waals surface area contributed by atoms with Gasteiger partial charge in [0, 0.05) is 0 Å². The molecule has 2 heterocycles. The van der Waals surface area contributed by atoms with Crippen molar-refractivity contribution in [2.45, 2.75) is 20.4 Å². The standard InChI is InChI=1S/2C14H11O.C7H8Si.2ClH.Zr/c2*1-10-8-11-4-2-5-12(13(11)9-10)14-6-3-7-15-14;1-8-7-5-3-2-4-6-7;;;/h2*2-9H,1H3;2-6H,1H3;2*1H;/q2*-1;;;;+4/p-2. The third kappa shape index (κ3) is 8.56. The van der Waals surface area contributed by atoms with E-state index >= 15 is 0 Å². The van der Waals surface area contributed by atoms with Crippen molar-refractivity contribution in [2.24, 2.45) is 0 Å². The summed E-state index contributed by atoms with van der Waals surface area (Å²) in [5, 5.41) is 6.53. The number of hydrogen-bond acceptors (Lipinski definition) is 2. The Morgan fingerprint density at radius 2 is 1.07 bits per heavy atom. The molecule has 0 N–H and O–H groups in total. The molecule has 0 saturated heterocycles. The van der Waals surface area contributed by atoms with Crippen LogP contribution in [-0.2, 0) is 20.8 Å². The van der Waals surface area contributed by atoms with E-state index < -0.39 is 20.8 Å². The number of hydrogen-bond donors (Lipinski definition) is 0. The van der Waals surface area contributed by atoms with Crippen molar-refractivity contribution in [3.63, 3.8) is 0 Å². The van der Waals surface area contributed by atoms with Crippen LogP contribution in [0.2, 0.25) is 6.55 Å². The van der Waals surface area contributed by atoms with Gasteiger partial charge in [0.25, 0.3) is 0 Å². The molecule has 0 amide bonds. The Bertz CT molecular complexity index is 1620. The number of furan rings is 2. The molecule has 7 rings (SSSR count). The van der Waals surface area contributed by atoms with Crippen LogP contribution in [0.5, 0.6) is 0 Å². The molecule has 7 aromatic rings. The van der Waals surface area contributed by atoms with E-state index in [-0.39, 0.29) is 0 Å². The molecule has 0 spiro atoms.